The summed E-state index contributed by atoms with van der Waals surface area (Å²) in [5, 5.41) is 5.38. The van der Waals surface area contributed by atoms with Gasteiger partial charge in [-0.05, 0) is 29.7 Å². The summed E-state index contributed by atoms with van der Waals surface area (Å²) in [5.41, 5.74) is 6.86. The van der Waals surface area contributed by atoms with Crippen LogP contribution in [-0.4, -0.2) is 40.2 Å². The van der Waals surface area contributed by atoms with Gasteiger partial charge in [0.05, 0.1) is 0 Å². The molecule has 1 fully saturated rings. The van der Waals surface area contributed by atoms with Gasteiger partial charge in [0.25, 0.3) is 0 Å². The van der Waals surface area contributed by atoms with Crippen molar-refractivity contribution in [3.63, 3.8) is 0 Å². The van der Waals surface area contributed by atoms with Gasteiger partial charge in [-0.1, -0.05) is 71.2 Å². The summed E-state index contributed by atoms with van der Waals surface area (Å²) >= 11 is 18.2. The van der Waals surface area contributed by atoms with E-state index in [1.165, 1.54) is 0 Å². The molecule has 0 spiro atoms. The summed E-state index contributed by atoms with van der Waals surface area (Å²) in [5.74, 6) is 0.801. The zero-order chi connectivity index (χ0) is 20.5. The van der Waals surface area contributed by atoms with Crippen molar-refractivity contribution in [2.75, 3.05) is 25.1 Å². The SMILES string of the molecule is NC1(CNc2nc(-c3ccc4ccccc4c3)nc(C(Cl)(Cl)Cl)n2)CCOCC1. The quantitative estimate of drug-likeness (QED) is 0.569. The molecule has 2 heterocycles. The van der Waals surface area contributed by atoms with E-state index in [0.29, 0.717) is 31.5 Å². The van der Waals surface area contributed by atoms with E-state index in [1.807, 2.05) is 42.5 Å². The van der Waals surface area contributed by atoms with E-state index in [1.54, 1.807) is 0 Å². The molecule has 9 heteroatoms. The van der Waals surface area contributed by atoms with Crippen LogP contribution in [0.25, 0.3) is 22.2 Å². The van der Waals surface area contributed by atoms with Gasteiger partial charge in [0.15, 0.2) is 11.6 Å². The van der Waals surface area contributed by atoms with Crippen molar-refractivity contribution in [1.29, 1.82) is 0 Å². The number of alkyl halides is 3. The number of nitrogens with zero attached hydrogens (tertiary/aromatic N) is 3. The van der Waals surface area contributed by atoms with Crippen LogP contribution in [0, 0.1) is 0 Å². The average Bonchev–Trinajstić information content (AvgIpc) is 2.72. The molecule has 1 aliphatic heterocycles. The van der Waals surface area contributed by atoms with E-state index < -0.39 is 9.33 Å². The van der Waals surface area contributed by atoms with Crippen molar-refractivity contribution in [3.05, 3.63) is 48.3 Å². The van der Waals surface area contributed by atoms with E-state index in [2.05, 4.69) is 20.3 Å². The number of benzene rings is 2. The molecule has 4 rings (SSSR count). The molecule has 0 bridgehead atoms. The van der Waals surface area contributed by atoms with Crippen LogP contribution < -0.4 is 11.1 Å². The molecule has 1 saturated heterocycles. The lowest BCUT2D eigenvalue weighted by molar-refractivity contribution is 0.0574. The van der Waals surface area contributed by atoms with Crippen molar-refractivity contribution in [2.45, 2.75) is 22.2 Å². The van der Waals surface area contributed by atoms with Crippen molar-refractivity contribution >= 4 is 51.5 Å². The van der Waals surface area contributed by atoms with Crippen LogP contribution in [0.4, 0.5) is 5.95 Å². The van der Waals surface area contributed by atoms with E-state index in [0.717, 1.165) is 29.2 Å². The standard InChI is InChI=1S/C20H20Cl3N5O/c21-20(22,23)17-26-16(15-6-5-13-3-1-2-4-14(13)11-15)27-18(28-17)25-12-19(24)7-9-29-10-8-19/h1-6,11H,7-10,12,24H2,(H,25,26,27,28). The minimum absolute atomic E-state index is 0.0567. The maximum Gasteiger partial charge on any atom is 0.250 e. The number of rotatable bonds is 4. The number of fused-ring (bicyclic) bond motifs is 1. The molecule has 29 heavy (non-hydrogen) atoms. The lowest BCUT2D eigenvalue weighted by atomic mass is 9.91. The van der Waals surface area contributed by atoms with E-state index >= 15 is 0 Å². The zero-order valence-corrected chi connectivity index (χ0v) is 17.8. The highest BCUT2D eigenvalue weighted by molar-refractivity contribution is 6.66. The Labute approximate surface area is 183 Å². The Balaban J connectivity index is 1.68. The molecule has 152 valence electrons. The number of hydrogen-bond donors (Lipinski definition) is 2. The molecule has 0 atom stereocenters. The molecule has 2 aromatic carbocycles. The van der Waals surface area contributed by atoms with Crippen LogP contribution in [0.15, 0.2) is 42.5 Å². The zero-order valence-electron chi connectivity index (χ0n) is 15.5. The molecule has 0 radical (unpaired) electrons. The Hall–Kier alpha value is -1.70. The van der Waals surface area contributed by atoms with Gasteiger partial charge in [0, 0.05) is 30.9 Å². The second-order valence-corrected chi connectivity index (χ2v) is 9.48. The van der Waals surface area contributed by atoms with Crippen LogP contribution in [0.2, 0.25) is 0 Å². The average molecular weight is 453 g/mol. The van der Waals surface area contributed by atoms with Crippen molar-refractivity contribution < 1.29 is 4.74 Å². The van der Waals surface area contributed by atoms with E-state index in [9.17, 15) is 0 Å². The summed E-state index contributed by atoms with van der Waals surface area (Å²) in [6.07, 6.45) is 1.50. The number of ether oxygens (including phenoxy) is 1. The maximum atomic E-state index is 6.45. The monoisotopic (exact) mass is 451 g/mol. The first kappa shape index (κ1) is 20.6. The fraction of sp³-hybridized carbons (Fsp3) is 0.350. The Morgan fingerprint density at radius 2 is 1.72 bits per heavy atom. The molecule has 0 unspecified atom stereocenters. The Bertz CT molecular complexity index is 1020. The highest BCUT2D eigenvalue weighted by atomic mass is 35.6. The normalized spacial score (nSPS) is 16.7. The predicted octanol–water partition coefficient (Wildman–Crippen LogP) is 4.44. The van der Waals surface area contributed by atoms with Crippen molar-refractivity contribution in [2.24, 2.45) is 5.73 Å². The van der Waals surface area contributed by atoms with Crippen molar-refractivity contribution in [3.8, 4) is 11.4 Å². The fourth-order valence-electron chi connectivity index (χ4n) is 3.25. The van der Waals surface area contributed by atoms with Gasteiger partial charge in [0.1, 0.15) is 0 Å². The molecular formula is C20H20Cl3N5O. The van der Waals surface area contributed by atoms with Gasteiger partial charge >= 0.3 is 0 Å². The summed E-state index contributed by atoms with van der Waals surface area (Å²) < 4.78 is 3.62. The van der Waals surface area contributed by atoms with E-state index in [4.69, 9.17) is 45.3 Å². The molecule has 0 saturated carbocycles. The number of halogens is 3. The molecule has 0 amide bonds. The summed E-state index contributed by atoms with van der Waals surface area (Å²) in [6, 6.07) is 14.0. The highest BCUT2D eigenvalue weighted by Gasteiger charge is 2.30. The third-order valence-corrected chi connectivity index (χ3v) is 5.49. The second kappa shape index (κ2) is 8.20. The van der Waals surface area contributed by atoms with Crippen LogP contribution >= 0.6 is 34.8 Å². The number of nitrogens with two attached hydrogens (primary N) is 1. The van der Waals surface area contributed by atoms with Gasteiger partial charge in [-0.15, -0.1) is 0 Å². The third kappa shape index (κ3) is 4.90. The number of nitrogens with one attached hydrogen (secondary N) is 1. The van der Waals surface area contributed by atoms with Gasteiger partial charge in [-0.3, -0.25) is 0 Å². The minimum Gasteiger partial charge on any atom is -0.381 e. The third-order valence-electron chi connectivity index (χ3n) is 4.98. The first-order valence-electron chi connectivity index (χ1n) is 9.25. The highest BCUT2D eigenvalue weighted by Crippen LogP contribution is 2.37. The first-order valence-corrected chi connectivity index (χ1v) is 10.4. The second-order valence-electron chi connectivity index (χ2n) is 7.19. The number of anilines is 1. The summed E-state index contributed by atoms with van der Waals surface area (Å²) in [4.78, 5) is 13.2. The molecule has 3 N–H and O–H groups in total. The van der Waals surface area contributed by atoms with Crippen LogP contribution in [0.1, 0.15) is 18.7 Å². The smallest absolute Gasteiger partial charge is 0.250 e. The largest absolute Gasteiger partial charge is 0.381 e. The molecule has 1 aromatic heterocycles. The number of hydrogen-bond acceptors (Lipinski definition) is 6. The number of aromatic nitrogens is 3. The summed E-state index contributed by atoms with van der Waals surface area (Å²) in [6.45, 7) is 1.76. The maximum absolute atomic E-state index is 6.45. The molecular weight excluding hydrogens is 433 g/mol. The van der Waals surface area contributed by atoms with Crippen molar-refractivity contribution in [1.82, 2.24) is 15.0 Å². The van der Waals surface area contributed by atoms with Crippen LogP contribution in [-0.2, 0) is 8.53 Å². The lowest BCUT2D eigenvalue weighted by Crippen LogP contribution is -2.50. The fourth-order valence-corrected chi connectivity index (χ4v) is 3.50. The van der Waals surface area contributed by atoms with Crippen LogP contribution in [0.5, 0.6) is 0 Å². The molecule has 0 aliphatic carbocycles. The van der Waals surface area contributed by atoms with Gasteiger partial charge < -0.3 is 15.8 Å². The van der Waals surface area contributed by atoms with E-state index in [-0.39, 0.29) is 5.82 Å². The lowest BCUT2D eigenvalue weighted by Gasteiger charge is -2.33. The van der Waals surface area contributed by atoms with Gasteiger partial charge in [-0.2, -0.15) is 9.97 Å². The topological polar surface area (TPSA) is 86.0 Å². The molecule has 3 aromatic rings. The molecule has 1 aliphatic rings. The minimum atomic E-state index is -1.77. The Morgan fingerprint density at radius 3 is 2.45 bits per heavy atom. The Morgan fingerprint density at radius 1 is 1.00 bits per heavy atom. The first-order chi connectivity index (χ1) is 13.8. The van der Waals surface area contributed by atoms with Gasteiger partial charge in [0.2, 0.25) is 9.74 Å². The molecule has 6 nitrogen and oxygen atoms in total. The Kier molecular flexibility index (Phi) is 5.82. The summed E-state index contributed by atoms with van der Waals surface area (Å²) in [7, 11) is 0. The van der Waals surface area contributed by atoms with Crippen LogP contribution in [0.3, 0.4) is 0 Å². The predicted molar refractivity (Wildman–Crippen MR) is 117 cm³/mol. The van der Waals surface area contributed by atoms with Gasteiger partial charge in [-0.25, -0.2) is 4.98 Å².